The molecule has 7 heteroatoms. The van der Waals surface area contributed by atoms with Crippen LogP contribution in [0.2, 0.25) is 0 Å². The highest BCUT2D eigenvalue weighted by Gasteiger charge is 2.36. The van der Waals surface area contributed by atoms with E-state index in [0.717, 1.165) is 30.6 Å². The zero-order chi connectivity index (χ0) is 23.0. The Morgan fingerprint density at radius 2 is 1.41 bits per heavy atom. The fourth-order valence-electron chi connectivity index (χ4n) is 3.92. The predicted molar refractivity (Wildman–Crippen MR) is 131 cm³/mol. The molecule has 0 aliphatic carbocycles. The second kappa shape index (κ2) is 12.3. The summed E-state index contributed by atoms with van der Waals surface area (Å²) in [6.45, 7) is 4.99. The molecular weight excluding hydrogens is 428 g/mol. The third kappa shape index (κ3) is 5.72. The maximum atomic E-state index is 10.2. The molecule has 0 spiro atoms. The molecule has 0 heterocycles. The van der Waals surface area contributed by atoms with Gasteiger partial charge in [0.2, 0.25) is 0 Å². The molecule has 0 saturated carbocycles. The van der Waals surface area contributed by atoms with E-state index in [9.17, 15) is 5.26 Å². The van der Waals surface area contributed by atoms with Crippen molar-refractivity contribution >= 4 is 18.1 Å². The van der Waals surface area contributed by atoms with Crippen molar-refractivity contribution in [2.24, 2.45) is 5.92 Å². The molecule has 2 rings (SSSR count). The first-order valence-corrected chi connectivity index (χ1v) is 10.4. The van der Waals surface area contributed by atoms with Crippen molar-refractivity contribution in [3.63, 3.8) is 0 Å². The normalized spacial score (nSPS) is 12.2. The molecule has 176 valence electrons. The average molecular weight is 463 g/mol. The smallest absolute Gasteiger partial charge is 0.162 e. The minimum atomic E-state index is -0.613. The molecule has 1 atom stereocenters. The fourth-order valence-corrected chi connectivity index (χ4v) is 3.92. The van der Waals surface area contributed by atoms with Gasteiger partial charge in [0.15, 0.2) is 23.0 Å². The van der Waals surface area contributed by atoms with Gasteiger partial charge in [0.05, 0.1) is 39.9 Å². The number of nitriles is 1. The number of hydrogen-bond donors (Lipinski definition) is 0. The molecule has 1 unspecified atom stereocenters. The number of nitrogens with zero attached hydrogens (tertiary/aromatic N) is 2. The molecule has 0 aliphatic heterocycles. The van der Waals surface area contributed by atoms with E-state index in [0.29, 0.717) is 23.0 Å². The third-order valence-electron chi connectivity index (χ3n) is 5.96. The van der Waals surface area contributed by atoms with Crippen LogP contribution in [0.15, 0.2) is 36.4 Å². The van der Waals surface area contributed by atoms with Crippen LogP contribution in [0.25, 0.3) is 0 Å². The molecule has 0 radical (unpaired) electrons. The van der Waals surface area contributed by atoms with Gasteiger partial charge in [-0.05, 0) is 48.6 Å². The fraction of sp³-hybridized carbons (Fsp3) is 0.480. The van der Waals surface area contributed by atoms with Crippen LogP contribution in [0.1, 0.15) is 32.3 Å². The van der Waals surface area contributed by atoms with Gasteiger partial charge in [0, 0.05) is 25.3 Å². The summed E-state index contributed by atoms with van der Waals surface area (Å²) in [5.41, 5.74) is 1.38. The Morgan fingerprint density at radius 3 is 1.91 bits per heavy atom. The molecule has 0 fully saturated rings. The first-order valence-electron chi connectivity index (χ1n) is 10.4. The van der Waals surface area contributed by atoms with E-state index in [1.165, 1.54) is 0 Å². The second-order valence-corrected chi connectivity index (χ2v) is 7.87. The van der Waals surface area contributed by atoms with E-state index >= 15 is 0 Å². The van der Waals surface area contributed by atoms with Crippen molar-refractivity contribution in [1.29, 1.82) is 5.26 Å². The van der Waals surface area contributed by atoms with E-state index in [2.05, 4.69) is 24.8 Å². The van der Waals surface area contributed by atoms with Crippen LogP contribution in [0.4, 0.5) is 5.69 Å². The Hall–Kier alpha value is -2.78. The van der Waals surface area contributed by atoms with Crippen LogP contribution < -0.4 is 23.8 Å². The first kappa shape index (κ1) is 27.3. The van der Waals surface area contributed by atoms with Gasteiger partial charge in [-0.2, -0.15) is 5.26 Å². The monoisotopic (exact) mass is 462 g/mol. The quantitative estimate of drug-likeness (QED) is 0.440. The zero-order valence-corrected chi connectivity index (χ0v) is 20.9. The summed E-state index contributed by atoms with van der Waals surface area (Å²) in [5.74, 6) is 2.85. The second-order valence-electron chi connectivity index (χ2n) is 7.87. The lowest BCUT2D eigenvalue weighted by Gasteiger charge is -2.33. The van der Waals surface area contributed by atoms with Crippen molar-refractivity contribution in [3.05, 3.63) is 42.0 Å². The third-order valence-corrected chi connectivity index (χ3v) is 5.96. The number of methoxy groups -OCH3 is 4. The van der Waals surface area contributed by atoms with Crippen LogP contribution in [0.5, 0.6) is 23.0 Å². The number of rotatable bonds is 11. The summed E-state index contributed by atoms with van der Waals surface area (Å²) >= 11 is 0. The maximum absolute atomic E-state index is 10.2. The van der Waals surface area contributed by atoms with Gasteiger partial charge < -0.3 is 23.8 Å². The zero-order valence-electron chi connectivity index (χ0n) is 20.1. The Bertz CT molecular complexity index is 913. The van der Waals surface area contributed by atoms with Crippen LogP contribution >= 0.6 is 12.4 Å². The molecule has 0 aliphatic rings. The number of benzene rings is 2. The minimum Gasteiger partial charge on any atom is -0.493 e. The van der Waals surface area contributed by atoms with Gasteiger partial charge in [0.25, 0.3) is 0 Å². The van der Waals surface area contributed by atoms with E-state index in [4.69, 9.17) is 18.9 Å². The minimum absolute atomic E-state index is 0. The largest absolute Gasteiger partial charge is 0.493 e. The van der Waals surface area contributed by atoms with Gasteiger partial charge in [-0.15, -0.1) is 12.4 Å². The van der Waals surface area contributed by atoms with E-state index in [-0.39, 0.29) is 18.3 Å². The number of hydrogen-bond acceptors (Lipinski definition) is 6. The number of anilines is 1. The Labute approximate surface area is 198 Å². The summed E-state index contributed by atoms with van der Waals surface area (Å²) in [6.07, 6.45) is 1.58. The molecule has 2 aromatic carbocycles. The van der Waals surface area contributed by atoms with Crippen LogP contribution in [-0.2, 0) is 5.41 Å². The summed E-state index contributed by atoms with van der Waals surface area (Å²) in [6, 6.07) is 14.3. The maximum Gasteiger partial charge on any atom is 0.162 e. The predicted octanol–water partition coefficient (Wildman–Crippen LogP) is 5.48. The standard InChI is InChI=1S/C25H34N2O4.ClH/c1-18(2)25(17-26,19-9-11-21(28-4)23(15-19)30-6)13-8-14-27(3)20-10-12-22(29-5)24(16-20)31-7;/h9-12,15-16,18H,8,13-14H2,1-7H3;1H. The molecule has 0 bridgehead atoms. The molecular formula is C25H35ClN2O4. The van der Waals surface area contributed by atoms with Gasteiger partial charge in [-0.3, -0.25) is 0 Å². The Balaban J connectivity index is 0.00000512. The average Bonchev–Trinajstić information content (AvgIpc) is 2.80. The number of ether oxygens (including phenoxy) is 4. The summed E-state index contributed by atoms with van der Waals surface area (Å²) in [5, 5.41) is 10.2. The van der Waals surface area contributed by atoms with E-state index in [1.807, 2.05) is 43.4 Å². The first-order chi connectivity index (χ1) is 14.9. The van der Waals surface area contributed by atoms with Crippen molar-refractivity contribution < 1.29 is 18.9 Å². The van der Waals surface area contributed by atoms with Gasteiger partial charge in [-0.25, -0.2) is 0 Å². The molecule has 0 aromatic heterocycles. The Morgan fingerprint density at radius 1 is 0.875 bits per heavy atom. The topological polar surface area (TPSA) is 64.0 Å². The molecule has 6 nitrogen and oxygen atoms in total. The van der Waals surface area contributed by atoms with Crippen molar-refractivity contribution in [3.8, 4) is 29.1 Å². The van der Waals surface area contributed by atoms with Crippen molar-refractivity contribution in [2.75, 3.05) is 46.9 Å². The van der Waals surface area contributed by atoms with Crippen molar-refractivity contribution in [2.45, 2.75) is 32.1 Å². The highest BCUT2D eigenvalue weighted by molar-refractivity contribution is 5.85. The van der Waals surface area contributed by atoms with E-state index in [1.54, 1.807) is 28.4 Å². The van der Waals surface area contributed by atoms with Crippen LogP contribution in [0.3, 0.4) is 0 Å². The molecule has 0 N–H and O–H groups in total. The molecule has 0 saturated heterocycles. The summed E-state index contributed by atoms with van der Waals surface area (Å²) in [7, 11) is 8.53. The lowest BCUT2D eigenvalue weighted by atomic mass is 9.69. The highest BCUT2D eigenvalue weighted by atomic mass is 35.5. The highest BCUT2D eigenvalue weighted by Crippen LogP contribution is 2.40. The SMILES string of the molecule is COc1ccc(N(C)CCCC(C#N)(c2ccc(OC)c(OC)c2)C(C)C)cc1OC.Cl. The summed E-state index contributed by atoms with van der Waals surface area (Å²) < 4.78 is 21.6. The van der Waals surface area contributed by atoms with Crippen LogP contribution in [-0.4, -0.2) is 42.0 Å². The van der Waals surface area contributed by atoms with Gasteiger partial charge >= 0.3 is 0 Å². The molecule has 32 heavy (non-hydrogen) atoms. The van der Waals surface area contributed by atoms with Gasteiger partial charge in [0.1, 0.15) is 0 Å². The van der Waals surface area contributed by atoms with Crippen LogP contribution in [0, 0.1) is 17.2 Å². The van der Waals surface area contributed by atoms with Crippen molar-refractivity contribution in [1.82, 2.24) is 0 Å². The van der Waals surface area contributed by atoms with Gasteiger partial charge in [-0.1, -0.05) is 19.9 Å². The number of halogens is 1. The Kier molecular flexibility index (Phi) is 10.5. The summed E-state index contributed by atoms with van der Waals surface area (Å²) in [4.78, 5) is 2.17. The van der Waals surface area contributed by atoms with E-state index < -0.39 is 5.41 Å². The lowest BCUT2D eigenvalue weighted by molar-refractivity contribution is 0.342. The lowest BCUT2D eigenvalue weighted by Crippen LogP contribution is -2.32. The molecule has 0 amide bonds. The molecule has 2 aromatic rings.